The smallest absolute Gasteiger partial charge is 0.254 e. The summed E-state index contributed by atoms with van der Waals surface area (Å²) in [5.41, 5.74) is 4.02. The van der Waals surface area contributed by atoms with E-state index in [9.17, 15) is 22.8 Å². The molecule has 1 atom stereocenters. The Labute approximate surface area is 208 Å². The molecule has 2 amide bonds. The molecule has 36 heavy (non-hydrogen) atoms. The highest BCUT2D eigenvalue weighted by Gasteiger charge is 2.46. The molecule has 186 valence electrons. The fourth-order valence-electron chi connectivity index (χ4n) is 5.06. The normalized spacial score (nSPS) is 18.8. The summed E-state index contributed by atoms with van der Waals surface area (Å²) in [5, 5.41) is 2.93. The van der Waals surface area contributed by atoms with Crippen LogP contribution in [-0.2, 0) is 24.2 Å². The summed E-state index contributed by atoms with van der Waals surface area (Å²) in [6.45, 7) is 0.646. The van der Waals surface area contributed by atoms with Gasteiger partial charge in [-0.2, -0.15) is 0 Å². The Morgan fingerprint density at radius 2 is 1.67 bits per heavy atom. The Morgan fingerprint density at radius 3 is 2.39 bits per heavy atom. The average Bonchev–Trinajstić information content (AvgIpc) is 2.87. The molecule has 1 aliphatic heterocycles. The van der Waals surface area contributed by atoms with Crippen molar-refractivity contribution < 1.29 is 22.8 Å². The monoisotopic (exact) mass is 492 g/mol. The number of halogens is 3. The van der Waals surface area contributed by atoms with Crippen LogP contribution >= 0.6 is 0 Å². The van der Waals surface area contributed by atoms with Crippen molar-refractivity contribution in [2.24, 2.45) is 0 Å². The van der Waals surface area contributed by atoms with E-state index >= 15 is 0 Å². The second kappa shape index (κ2) is 9.80. The van der Waals surface area contributed by atoms with E-state index in [4.69, 9.17) is 0 Å². The summed E-state index contributed by atoms with van der Waals surface area (Å²) in [6.07, 6.45) is 0.512. The highest BCUT2D eigenvalue weighted by Crippen LogP contribution is 2.48. The van der Waals surface area contributed by atoms with E-state index in [-0.39, 0.29) is 42.9 Å². The third-order valence-corrected chi connectivity index (χ3v) is 7.13. The number of hydrogen-bond donors (Lipinski definition) is 1. The largest absolute Gasteiger partial charge is 0.354 e. The number of carbonyl (C=O) groups excluding carboxylic acids is 2. The maximum absolute atomic E-state index is 13.6. The van der Waals surface area contributed by atoms with Gasteiger partial charge in [0.1, 0.15) is 11.9 Å². The Morgan fingerprint density at radius 1 is 0.944 bits per heavy atom. The summed E-state index contributed by atoms with van der Waals surface area (Å²) in [7, 11) is 0. The van der Waals surface area contributed by atoms with Crippen molar-refractivity contribution in [1.29, 1.82) is 0 Å². The molecular formula is C29H27F3N2O2. The van der Waals surface area contributed by atoms with E-state index in [2.05, 4.69) is 5.32 Å². The number of amides is 2. The number of hydrogen-bond acceptors (Lipinski definition) is 2. The van der Waals surface area contributed by atoms with Gasteiger partial charge in [-0.05, 0) is 58.9 Å². The van der Waals surface area contributed by atoms with Crippen molar-refractivity contribution in [3.63, 3.8) is 0 Å². The second-order valence-corrected chi connectivity index (χ2v) is 9.68. The molecule has 1 N–H and O–H groups in total. The number of benzene rings is 3. The van der Waals surface area contributed by atoms with Gasteiger partial charge in [-0.1, -0.05) is 48.5 Å². The molecule has 0 spiro atoms. The SMILES string of the molecule is O=C(NCCc1ccc(F)cc1)C1Cc2ccccc2CN1C(=O)c1cccc(C2CC(F)(F)C2)c1. The van der Waals surface area contributed by atoms with E-state index in [1.165, 1.54) is 12.1 Å². The van der Waals surface area contributed by atoms with Crippen molar-refractivity contribution in [2.45, 2.75) is 50.1 Å². The van der Waals surface area contributed by atoms with E-state index in [0.29, 0.717) is 24.9 Å². The van der Waals surface area contributed by atoms with Crippen LogP contribution in [-0.4, -0.2) is 35.2 Å². The highest BCUT2D eigenvalue weighted by atomic mass is 19.3. The summed E-state index contributed by atoms with van der Waals surface area (Å²) < 4.78 is 39.9. The molecule has 0 aromatic heterocycles. The Balaban J connectivity index is 1.33. The fraction of sp³-hybridized carbons (Fsp3) is 0.310. The molecule has 2 aliphatic rings. The molecule has 0 radical (unpaired) electrons. The number of fused-ring (bicyclic) bond motifs is 1. The lowest BCUT2D eigenvalue weighted by molar-refractivity contribution is -0.126. The van der Waals surface area contributed by atoms with E-state index in [1.807, 2.05) is 24.3 Å². The van der Waals surface area contributed by atoms with Gasteiger partial charge in [0.05, 0.1) is 0 Å². The molecule has 1 heterocycles. The van der Waals surface area contributed by atoms with Crippen LogP contribution < -0.4 is 5.32 Å². The number of alkyl halides is 2. The predicted octanol–water partition coefficient (Wildman–Crippen LogP) is 5.26. The molecule has 5 rings (SSSR count). The number of nitrogens with one attached hydrogen (secondary N) is 1. The fourth-order valence-corrected chi connectivity index (χ4v) is 5.06. The Kier molecular flexibility index (Phi) is 6.56. The Bertz CT molecular complexity index is 1270. The number of rotatable bonds is 6. The van der Waals surface area contributed by atoms with Gasteiger partial charge < -0.3 is 10.2 Å². The molecule has 0 saturated heterocycles. The van der Waals surface area contributed by atoms with Gasteiger partial charge in [0.2, 0.25) is 11.8 Å². The molecule has 3 aromatic rings. The maximum atomic E-state index is 13.6. The van der Waals surface area contributed by atoms with Crippen LogP contribution in [0, 0.1) is 5.82 Å². The topological polar surface area (TPSA) is 49.4 Å². The van der Waals surface area contributed by atoms with Crippen LogP contribution in [0.4, 0.5) is 13.2 Å². The van der Waals surface area contributed by atoms with Gasteiger partial charge in [-0.3, -0.25) is 9.59 Å². The Hall–Kier alpha value is -3.61. The summed E-state index contributed by atoms with van der Waals surface area (Å²) in [5.74, 6) is -3.77. The maximum Gasteiger partial charge on any atom is 0.254 e. The van der Waals surface area contributed by atoms with Crippen LogP contribution in [0.5, 0.6) is 0 Å². The van der Waals surface area contributed by atoms with Crippen molar-refractivity contribution in [2.75, 3.05) is 6.54 Å². The first-order valence-corrected chi connectivity index (χ1v) is 12.2. The average molecular weight is 493 g/mol. The lowest BCUT2D eigenvalue weighted by atomic mass is 9.76. The molecular weight excluding hydrogens is 465 g/mol. The minimum absolute atomic E-state index is 0.208. The van der Waals surface area contributed by atoms with Crippen molar-refractivity contribution in [3.8, 4) is 0 Å². The van der Waals surface area contributed by atoms with E-state index in [1.54, 1.807) is 41.3 Å². The van der Waals surface area contributed by atoms with Crippen molar-refractivity contribution in [1.82, 2.24) is 10.2 Å². The predicted molar refractivity (Wildman–Crippen MR) is 130 cm³/mol. The molecule has 7 heteroatoms. The lowest BCUT2D eigenvalue weighted by Gasteiger charge is -2.37. The summed E-state index contributed by atoms with van der Waals surface area (Å²) >= 11 is 0. The lowest BCUT2D eigenvalue weighted by Crippen LogP contribution is -2.52. The molecule has 0 bridgehead atoms. The van der Waals surface area contributed by atoms with Gasteiger partial charge in [-0.25, -0.2) is 13.2 Å². The molecule has 1 saturated carbocycles. The minimum atomic E-state index is -2.64. The first-order chi connectivity index (χ1) is 17.3. The van der Waals surface area contributed by atoms with Gasteiger partial charge in [0, 0.05) is 37.9 Å². The minimum Gasteiger partial charge on any atom is -0.354 e. The zero-order valence-electron chi connectivity index (χ0n) is 19.7. The zero-order valence-corrected chi connectivity index (χ0v) is 19.7. The van der Waals surface area contributed by atoms with E-state index in [0.717, 1.165) is 22.3 Å². The van der Waals surface area contributed by atoms with Crippen LogP contribution in [0.3, 0.4) is 0 Å². The first-order valence-electron chi connectivity index (χ1n) is 12.2. The highest BCUT2D eigenvalue weighted by molar-refractivity contribution is 5.98. The standard InChI is InChI=1S/C29H27F3N2O2/c30-25-10-8-19(9-11-25)12-13-33-27(35)26-15-21-4-1-2-5-23(21)18-34(26)28(36)22-7-3-6-20(14-22)24-16-29(31,32)17-24/h1-11,14,24,26H,12-13,15-18H2,(H,33,35). The molecule has 1 unspecified atom stereocenters. The van der Waals surface area contributed by atoms with Gasteiger partial charge >= 0.3 is 0 Å². The molecule has 3 aromatic carbocycles. The third kappa shape index (κ3) is 5.15. The first kappa shape index (κ1) is 24.1. The van der Waals surface area contributed by atoms with Gasteiger partial charge in [-0.15, -0.1) is 0 Å². The van der Waals surface area contributed by atoms with Crippen LogP contribution in [0.25, 0.3) is 0 Å². The zero-order chi connectivity index (χ0) is 25.3. The third-order valence-electron chi connectivity index (χ3n) is 7.13. The van der Waals surface area contributed by atoms with Gasteiger partial charge in [0.25, 0.3) is 5.91 Å². The second-order valence-electron chi connectivity index (χ2n) is 9.68. The molecule has 4 nitrogen and oxygen atoms in total. The number of carbonyl (C=O) groups is 2. The van der Waals surface area contributed by atoms with Crippen molar-refractivity contribution in [3.05, 3.63) is 106 Å². The quantitative estimate of drug-likeness (QED) is 0.510. The van der Waals surface area contributed by atoms with Crippen LogP contribution in [0.2, 0.25) is 0 Å². The number of nitrogens with zero attached hydrogens (tertiary/aromatic N) is 1. The summed E-state index contributed by atoms with van der Waals surface area (Å²) in [4.78, 5) is 28.4. The van der Waals surface area contributed by atoms with Crippen LogP contribution in [0.1, 0.15) is 51.4 Å². The van der Waals surface area contributed by atoms with E-state index < -0.39 is 12.0 Å². The van der Waals surface area contributed by atoms with Crippen LogP contribution in [0.15, 0.2) is 72.8 Å². The molecule has 1 fully saturated rings. The summed E-state index contributed by atoms with van der Waals surface area (Å²) in [6, 6.07) is 20.0. The van der Waals surface area contributed by atoms with Gasteiger partial charge in [0.15, 0.2) is 0 Å². The van der Waals surface area contributed by atoms with Crippen molar-refractivity contribution >= 4 is 11.8 Å². The molecule has 1 aliphatic carbocycles.